The standard InChI is InChI=1S/C21H17N3O/c22-14-16-8-12-20(13-9-16)24(15-17-6-10-19(23)11-7-17)21(25)18-4-2-1-3-5-18/h1-13H,15,23H2. The Labute approximate surface area is 146 Å². The zero-order valence-corrected chi connectivity index (χ0v) is 13.6. The van der Waals surface area contributed by atoms with E-state index < -0.39 is 0 Å². The number of carbonyl (C=O) groups is 1. The van der Waals surface area contributed by atoms with Crippen molar-refractivity contribution in [2.75, 3.05) is 10.6 Å². The normalized spacial score (nSPS) is 10.0. The van der Waals surface area contributed by atoms with E-state index in [1.54, 1.807) is 41.3 Å². The molecule has 4 heteroatoms. The number of anilines is 2. The Kier molecular flexibility index (Phi) is 4.77. The molecule has 0 radical (unpaired) electrons. The van der Waals surface area contributed by atoms with Gasteiger partial charge in [-0.25, -0.2) is 0 Å². The van der Waals surface area contributed by atoms with E-state index in [-0.39, 0.29) is 5.91 Å². The molecule has 3 aromatic carbocycles. The van der Waals surface area contributed by atoms with Gasteiger partial charge in [0.25, 0.3) is 5.91 Å². The summed E-state index contributed by atoms with van der Waals surface area (Å²) in [5.41, 5.74) is 9.31. The third-order valence-corrected chi connectivity index (χ3v) is 3.89. The number of nitrogens with zero attached hydrogens (tertiary/aromatic N) is 2. The lowest BCUT2D eigenvalue weighted by Gasteiger charge is -2.23. The van der Waals surface area contributed by atoms with Crippen molar-refractivity contribution in [2.24, 2.45) is 0 Å². The Bertz CT molecular complexity index is 895. The topological polar surface area (TPSA) is 70.1 Å². The van der Waals surface area contributed by atoms with Gasteiger partial charge in [0.2, 0.25) is 0 Å². The molecule has 3 aromatic rings. The summed E-state index contributed by atoms with van der Waals surface area (Å²) in [7, 11) is 0. The lowest BCUT2D eigenvalue weighted by atomic mass is 10.1. The minimum atomic E-state index is -0.0952. The largest absolute Gasteiger partial charge is 0.399 e. The van der Waals surface area contributed by atoms with Gasteiger partial charge in [-0.05, 0) is 54.1 Å². The summed E-state index contributed by atoms with van der Waals surface area (Å²) in [6, 6.07) is 25.7. The first-order valence-corrected chi connectivity index (χ1v) is 7.89. The van der Waals surface area contributed by atoms with Crippen molar-refractivity contribution in [1.82, 2.24) is 0 Å². The molecule has 1 amide bonds. The Hall–Kier alpha value is -3.58. The third-order valence-electron chi connectivity index (χ3n) is 3.89. The van der Waals surface area contributed by atoms with E-state index in [0.717, 1.165) is 11.3 Å². The van der Waals surface area contributed by atoms with Crippen LogP contribution in [0, 0.1) is 11.3 Å². The van der Waals surface area contributed by atoms with Gasteiger partial charge in [0.1, 0.15) is 0 Å². The molecule has 0 saturated heterocycles. The first kappa shape index (κ1) is 16.3. The number of benzene rings is 3. The molecule has 0 bridgehead atoms. The molecular formula is C21H17N3O. The van der Waals surface area contributed by atoms with Crippen molar-refractivity contribution in [3.8, 4) is 6.07 Å². The van der Waals surface area contributed by atoms with Crippen molar-refractivity contribution >= 4 is 17.3 Å². The van der Waals surface area contributed by atoms with Gasteiger partial charge in [-0.15, -0.1) is 0 Å². The average molecular weight is 327 g/mol. The van der Waals surface area contributed by atoms with Crippen LogP contribution in [0.2, 0.25) is 0 Å². The maximum absolute atomic E-state index is 13.0. The number of hydrogen-bond donors (Lipinski definition) is 1. The Morgan fingerprint density at radius 2 is 1.56 bits per heavy atom. The number of hydrogen-bond acceptors (Lipinski definition) is 3. The molecule has 4 nitrogen and oxygen atoms in total. The fourth-order valence-corrected chi connectivity index (χ4v) is 2.54. The summed E-state index contributed by atoms with van der Waals surface area (Å²) in [5, 5.41) is 8.97. The molecule has 0 saturated carbocycles. The number of nitriles is 1. The van der Waals surface area contributed by atoms with E-state index in [1.165, 1.54) is 0 Å². The number of nitrogens with two attached hydrogens (primary N) is 1. The van der Waals surface area contributed by atoms with E-state index in [2.05, 4.69) is 6.07 Å². The summed E-state index contributed by atoms with van der Waals surface area (Å²) >= 11 is 0. The van der Waals surface area contributed by atoms with Crippen molar-refractivity contribution in [3.63, 3.8) is 0 Å². The molecule has 0 heterocycles. The number of rotatable bonds is 4. The van der Waals surface area contributed by atoms with Crippen LogP contribution in [0.3, 0.4) is 0 Å². The summed E-state index contributed by atoms with van der Waals surface area (Å²) < 4.78 is 0. The predicted octanol–water partition coefficient (Wildman–Crippen LogP) is 3.99. The fourth-order valence-electron chi connectivity index (χ4n) is 2.54. The van der Waals surface area contributed by atoms with Gasteiger partial charge in [-0.2, -0.15) is 5.26 Å². The molecule has 0 fully saturated rings. The van der Waals surface area contributed by atoms with E-state index in [4.69, 9.17) is 11.0 Å². The van der Waals surface area contributed by atoms with Crippen LogP contribution in [-0.2, 0) is 6.54 Å². The van der Waals surface area contributed by atoms with Crippen molar-refractivity contribution in [1.29, 1.82) is 5.26 Å². The van der Waals surface area contributed by atoms with Crippen LogP contribution in [0.15, 0.2) is 78.9 Å². The SMILES string of the molecule is N#Cc1ccc(N(Cc2ccc(N)cc2)C(=O)c2ccccc2)cc1. The number of nitrogen functional groups attached to an aromatic ring is 1. The highest BCUT2D eigenvalue weighted by Gasteiger charge is 2.18. The second-order valence-corrected chi connectivity index (χ2v) is 5.66. The van der Waals surface area contributed by atoms with Crippen molar-refractivity contribution in [3.05, 3.63) is 95.6 Å². The molecule has 0 aromatic heterocycles. The Morgan fingerprint density at radius 3 is 2.16 bits per heavy atom. The zero-order chi connectivity index (χ0) is 17.6. The smallest absolute Gasteiger partial charge is 0.258 e. The molecule has 0 aliphatic carbocycles. The summed E-state index contributed by atoms with van der Waals surface area (Å²) in [4.78, 5) is 14.7. The molecule has 2 N–H and O–H groups in total. The second-order valence-electron chi connectivity index (χ2n) is 5.66. The lowest BCUT2D eigenvalue weighted by molar-refractivity contribution is 0.0985. The van der Waals surface area contributed by atoms with Gasteiger partial charge in [0, 0.05) is 16.9 Å². The molecule has 122 valence electrons. The molecule has 25 heavy (non-hydrogen) atoms. The molecule has 0 atom stereocenters. The average Bonchev–Trinajstić information content (AvgIpc) is 2.68. The van der Waals surface area contributed by atoms with Gasteiger partial charge in [-0.3, -0.25) is 4.79 Å². The number of amides is 1. The molecule has 0 aliphatic rings. The van der Waals surface area contributed by atoms with E-state index in [1.807, 2.05) is 42.5 Å². The molecule has 0 unspecified atom stereocenters. The summed E-state index contributed by atoms with van der Waals surface area (Å²) in [6.07, 6.45) is 0. The molecule has 0 spiro atoms. The zero-order valence-electron chi connectivity index (χ0n) is 13.6. The quantitative estimate of drug-likeness (QED) is 0.737. The highest BCUT2D eigenvalue weighted by molar-refractivity contribution is 6.06. The highest BCUT2D eigenvalue weighted by atomic mass is 16.2. The molecule has 0 aliphatic heterocycles. The molecule has 3 rings (SSSR count). The Morgan fingerprint density at radius 1 is 0.920 bits per heavy atom. The first-order chi connectivity index (χ1) is 12.2. The molecular weight excluding hydrogens is 310 g/mol. The number of carbonyl (C=O) groups excluding carboxylic acids is 1. The van der Waals surface area contributed by atoms with E-state index >= 15 is 0 Å². The predicted molar refractivity (Wildman–Crippen MR) is 99.0 cm³/mol. The van der Waals surface area contributed by atoms with E-state index in [9.17, 15) is 4.79 Å². The van der Waals surface area contributed by atoms with Crippen molar-refractivity contribution < 1.29 is 4.79 Å². The van der Waals surface area contributed by atoms with E-state index in [0.29, 0.717) is 23.4 Å². The minimum absolute atomic E-state index is 0.0952. The summed E-state index contributed by atoms with van der Waals surface area (Å²) in [6.45, 7) is 0.417. The van der Waals surface area contributed by atoms with Crippen LogP contribution in [0.1, 0.15) is 21.5 Å². The summed E-state index contributed by atoms with van der Waals surface area (Å²) in [5.74, 6) is -0.0952. The van der Waals surface area contributed by atoms with Crippen molar-refractivity contribution in [2.45, 2.75) is 6.54 Å². The fraction of sp³-hybridized carbons (Fsp3) is 0.0476. The monoisotopic (exact) mass is 327 g/mol. The van der Waals surface area contributed by atoms with Gasteiger partial charge >= 0.3 is 0 Å². The van der Waals surface area contributed by atoms with Gasteiger partial charge in [-0.1, -0.05) is 30.3 Å². The van der Waals surface area contributed by atoms with Gasteiger partial charge < -0.3 is 10.6 Å². The second kappa shape index (κ2) is 7.33. The van der Waals surface area contributed by atoms with Crippen LogP contribution in [0.25, 0.3) is 0 Å². The van der Waals surface area contributed by atoms with Crippen LogP contribution in [-0.4, -0.2) is 5.91 Å². The lowest BCUT2D eigenvalue weighted by Crippen LogP contribution is -2.30. The highest BCUT2D eigenvalue weighted by Crippen LogP contribution is 2.21. The van der Waals surface area contributed by atoms with Crippen LogP contribution >= 0.6 is 0 Å². The van der Waals surface area contributed by atoms with Crippen LogP contribution in [0.5, 0.6) is 0 Å². The minimum Gasteiger partial charge on any atom is -0.399 e. The van der Waals surface area contributed by atoms with Crippen LogP contribution in [0.4, 0.5) is 11.4 Å². The van der Waals surface area contributed by atoms with Crippen LogP contribution < -0.4 is 10.6 Å². The van der Waals surface area contributed by atoms with Gasteiger partial charge in [0.15, 0.2) is 0 Å². The maximum atomic E-state index is 13.0. The third kappa shape index (κ3) is 3.85. The maximum Gasteiger partial charge on any atom is 0.258 e. The van der Waals surface area contributed by atoms with Gasteiger partial charge in [0.05, 0.1) is 18.2 Å². The first-order valence-electron chi connectivity index (χ1n) is 7.89. The Balaban J connectivity index is 1.96.